The third kappa shape index (κ3) is 3.24. The number of nitrogens with zero attached hydrogens (tertiary/aromatic N) is 1. The van der Waals surface area contributed by atoms with E-state index >= 15 is 0 Å². The highest BCUT2D eigenvalue weighted by atomic mass is 16.3. The lowest BCUT2D eigenvalue weighted by Gasteiger charge is -2.40. The molecule has 0 bridgehead atoms. The van der Waals surface area contributed by atoms with Crippen molar-refractivity contribution < 1.29 is 5.11 Å². The van der Waals surface area contributed by atoms with E-state index in [1.54, 1.807) is 0 Å². The minimum absolute atomic E-state index is 0.0479. The minimum atomic E-state index is -0.0479. The molecule has 0 aromatic rings. The molecule has 0 amide bonds. The first kappa shape index (κ1) is 12.9. The maximum absolute atomic E-state index is 10.1. The van der Waals surface area contributed by atoms with Crippen molar-refractivity contribution in [3.63, 3.8) is 0 Å². The van der Waals surface area contributed by atoms with Crippen LogP contribution in [0.5, 0.6) is 0 Å². The van der Waals surface area contributed by atoms with E-state index < -0.39 is 0 Å². The summed E-state index contributed by atoms with van der Waals surface area (Å²) >= 11 is 0. The maximum atomic E-state index is 10.1. The zero-order valence-corrected chi connectivity index (χ0v) is 10.8. The van der Waals surface area contributed by atoms with Crippen LogP contribution in [0, 0.1) is 18.3 Å². The van der Waals surface area contributed by atoms with Crippen LogP contribution in [0.4, 0.5) is 0 Å². The summed E-state index contributed by atoms with van der Waals surface area (Å²) < 4.78 is 0. The Morgan fingerprint density at radius 3 is 2.76 bits per heavy atom. The molecule has 0 radical (unpaired) electrons. The van der Waals surface area contributed by atoms with Crippen molar-refractivity contribution in [1.82, 2.24) is 4.90 Å². The van der Waals surface area contributed by atoms with E-state index in [1.807, 2.05) is 0 Å². The summed E-state index contributed by atoms with van der Waals surface area (Å²) in [6.45, 7) is 2.33. The predicted octanol–water partition coefficient (Wildman–Crippen LogP) is 2.42. The fourth-order valence-electron chi connectivity index (χ4n) is 3.58. The molecule has 2 fully saturated rings. The number of rotatable bonds is 4. The van der Waals surface area contributed by atoms with Gasteiger partial charge in [-0.25, -0.2) is 0 Å². The van der Waals surface area contributed by atoms with E-state index in [1.165, 1.54) is 38.6 Å². The lowest BCUT2D eigenvalue weighted by Crippen LogP contribution is -2.46. The van der Waals surface area contributed by atoms with Crippen molar-refractivity contribution >= 4 is 0 Å². The molecule has 2 nitrogen and oxygen atoms in total. The zero-order valence-electron chi connectivity index (χ0n) is 10.8. The molecule has 1 heterocycles. The van der Waals surface area contributed by atoms with E-state index in [-0.39, 0.29) is 6.10 Å². The van der Waals surface area contributed by atoms with Crippen molar-refractivity contribution in [2.45, 2.75) is 63.5 Å². The maximum Gasteiger partial charge on any atom is 0.0583 e. The number of terminal acetylenes is 1. The van der Waals surface area contributed by atoms with Gasteiger partial charge >= 0.3 is 0 Å². The normalized spacial score (nSPS) is 34.7. The van der Waals surface area contributed by atoms with Gasteiger partial charge in [-0.2, -0.15) is 0 Å². The molecule has 1 N–H and O–H groups in total. The fraction of sp³-hybridized carbons (Fsp3) is 0.867. The lowest BCUT2D eigenvalue weighted by atomic mass is 9.87. The zero-order chi connectivity index (χ0) is 12.1. The molecule has 1 saturated carbocycles. The number of unbranched alkanes of at least 4 members (excludes halogenated alkanes) is 1. The Labute approximate surface area is 105 Å². The topological polar surface area (TPSA) is 23.5 Å². The number of hydrogen-bond donors (Lipinski definition) is 1. The monoisotopic (exact) mass is 235 g/mol. The van der Waals surface area contributed by atoms with Crippen LogP contribution in [0.15, 0.2) is 0 Å². The SMILES string of the molecule is C#CCCCN1CCCCC1C1CCCC1O. The van der Waals surface area contributed by atoms with Gasteiger partial charge in [0.25, 0.3) is 0 Å². The Kier molecular flexibility index (Phi) is 4.88. The molecule has 96 valence electrons. The molecule has 0 aromatic heterocycles. The van der Waals surface area contributed by atoms with Crippen LogP contribution >= 0.6 is 0 Å². The Bertz CT molecular complexity index is 271. The van der Waals surface area contributed by atoms with Crippen molar-refractivity contribution in [1.29, 1.82) is 0 Å². The van der Waals surface area contributed by atoms with Crippen LogP contribution in [0.3, 0.4) is 0 Å². The molecular weight excluding hydrogens is 210 g/mol. The summed E-state index contributed by atoms with van der Waals surface area (Å²) in [7, 11) is 0. The molecule has 3 unspecified atom stereocenters. The van der Waals surface area contributed by atoms with Crippen molar-refractivity contribution in [2.24, 2.45) is 5.92 Å². The molecule has 17 heavy (non-hydrogen) atoms. The second kappa shape index (κ2) is 6.42. The molecule has 1 aliphatic carbocycles. The van der Waals surface area contributed by atoms with Gasteiger partial charge < -0.3 is 5.11 Å². The molecule has 0 spiro atoms. The number of aliphatic hydroxyl groups is 1. The summed E-state index contributed by atoms with van der Waals surface area (Å²) in [6.07, 6.45) is 14.6. The highest BCUT2D eigenvalue weighted by molar-refractivity contribution is 4.91. The van der Waals surface area contributed by atoms with Crippen molar-refractivity contribution in [2.75, 3.05) is 13.1 Å². The van der Waals surface area contributed by atoms with Gasteiger partial charge in [0, 0.05) is 18.4 Å². The molecule has 0 aromatic carbocycles. The summed E-state index contributed by atoms with van der Waals surface area (Å²) in [5.74, 6) is 3.25. The molecule has 2 heteroatoms. The number of likely N-dealkylation sites (tertiary alicyclic amines) is 1. The van der Waals surface area contributed by atoms with Crippen molar-refractivity contribution in [3.05, 3.63) is 0 Å². The van der Waals surface area contributed by atoms with E-state index in [4.69, 9.17) is 6.42 Å². The van der Waals surface area contributed by atoms with Crippen LogP contribution in [-0.4, -0.2) is 35.2 Å². The van der Waals surface area contributed by atoms with Gasteiger partial charge in [0.05, 0.1) is 6.10 Å². The second-order valence-electron chi connectivity index (χ2n) is 5.57. The van der Waals surface area contributed by atoms with Gasteiger partial charge in [-0.05, 0) is 45.2 Å². The van der Waals surface area contributed by atoms with Crippen LogP contribution in [0.1, 0.15) is 51.4 Å². The molecule has 1 saturated heterocycles. The molecule has 2 rings (SSSR count). The number of aliphatic hydroxyl groups excluding tert-OH is 1. The van der Waals surface area contributed by atoms with E-state index in [9.17, 15) is 5.11 Å². The van der Waals surface area contributed by atoms with Gasteiger partial charge in [0.1, 0.15) is 0 Å². The Morgan fingerprint density at radius 1 is 1.18 bits per heavy atom. The first-order valence-electron chi connectivity index (χ1n) is 7.18. The highest BCUT2D eigenvalue weighted by Crippen LogP contribution is 2.35. The Balaban J connectivity index is 1.89. The molecule has 2 aliphatic rings. The van der Waals surface area contributed by atoms with Gasteiger partial charge in [-0.3, -0.25) is 4.90 Å². The van der Waals surface area contributed by atoms with Gasteiger partial charge in [0.2, 0.25) is 0 Å². The fourth-order valence-corrected chi connectivity index (χ4v) is 3.58. The van der Waals surface area contributed by atoms with Gasteiger partial charge in [0.15, 0.2) is 0 Å². The summed E-state index contributed by atoms with van der Waals surface area (Å²) in [5, 5.41) is 10.1. The van der Waals surface area contributed by atoms with Crippen LogP contribution in [0.2, 0.25) is 0 Å². The Hall–Kier alpha value is -0.520. The molecular formula is C15H25NO. The summed E-state index contributed by atoms with van der Waals surface area (Å²) in [4.78, 5) is 2.60. The summed E-state index contributed by atoms with van der Waals surface area (Å²) in [5.41, 5.74) is 0. The van der Waals surface area contributed by atoms with Crippen LogP contribution in [0.25, 0.3) is 0 Å². The smallest absolute Gasteiger partial charge is 0.0583 e. The van der Waals surface area contributed by atoms with E-state index in [0.29, 0.717) is 12.0 Å². The van der Waals surface area contributed by atoms with Gasteiger partial charge in [-0.1, -0.05) is 12.8 Å². The van der Waals surface area contributed by atoms with Crippen LogP contribution in [-0.2, 0) is 0 Å². The first-order chi connectivity index (χ1) is 8.33. The Morgan fingerprint density at radius 2 is 2.06 bits per heavy atom. The van der Waals surface area contributed by atoms with Crippen LogP contribution < -0.4 is 0 Å². The number of hydrogen-bond acceptors (Lipinski definition) is 2. The minimum Gasteiger partial charge on any atom is -0.393 e. The largest absolute Gasteiger partial charge is 0.393 e. The highest BCUT2D eigenvalue weighted by Gasteiger charge is 2.36. The van der Waals surface area contributed by atoms with E-state index in [0.717, 1.165) is 25.8 Å². The second-order valence-corrected chi connectivity index (χ2v) is 5.57. The first-order valence-corrected chi connectivity index (χ1v) is 7.18. The third-order valence-electron chi connectivity index (χ3n) is 4.46. The summed E-state index contributed by atoms with van der Waals surface area (Å²) in [6, 6.07) is 0.624. The third-order valence-corrected chi connectivity index (χ3v) is 4.46. The lowest BCUT2D eigenvalue weighted by molar-refractivity contribution is 0.0352. The average molecular weight is 235 g/mol. The quantitative estimate of drug-likeness (QED) is 0.597. The predicted molar refractivity (Wildman–Crippen MR) is 70.6 cm³/mol. The van der Waals surface area contributed by atoms with Crippen molar-refractivity contribution in [3.8, 4) is 12.3 Å². The number of piperidine rings is 1. The van der Waals surface area contributed by atoms with Gasteiger partial charge in [-0.15, -0.1) is 12.3 Å². The standard InChI is InChI=1S/C15H25NO/c1-2-3-5-11-16-12-6-4-9-14(16)13-8-7-10-15(13)17/h1,13-15,17H,3-12H2. The van der Waals surface area contributed by atoms with E-state index in [2.05, 4.69) is 10.8 Å². The molecule has 1 aliphatic heterocycles. The average Bonchev–Trinajstić information content (AvgIpc) is 2.76. The molecule has 3 atom stereocenters.